The molecule has 0 atom stereocenters. The molecule has 2 heteroatoms. The van der Waals surface area contributed by atoms with Crippen LogP contribution in [-0.2, 0) is 9.47 Å². The average Bonchev–Trinajstić information content (AvgIpc) is 2.48. The van der Waals surface area contributed by atoms with E-state index < -0.39 is 0 Å². The van der Waals surface area contributed by atoms with Crippen LogP contribution in [0.5, 0.6) is 0 Å². The Hall–Kier alpha value is -1.12. The van der Waals surface area contributed by atoms with Gasteiger partial charge < -0.3 is 9.47 Å². The summed E-state index contributed by atoms with van der Waals surface area (Å²) < 4.78 is 11.5. The molecule has 1 aromatic carbocycles. The first kappa shape index (κ1) is 14.3. The third-order valence-electron chi connectivity index (χ3n) is 3.35. The largest absolute Gasteiger partial charge is 0.349 e. The summed E-state index contributed by atoms with van der Waals surface area (Å²) >= 11 is 0. The Labute approximate surface area is 116 Å². The van der Waals surface area contributed by atoms with Crippen LogP contribution in [0.25, 0.3) is 6.08 Å². The maximum Gasteiger partial charge on any atom is 0.180 e. The van der Waals surface area contributed by atoms with Gasteiger partial charge in [-0.25, -0.2) is 0 Å². The summed E-state index contributed by atoms with van der Waals surface area (Å²) in [5.41, 5.74) is 2.51. The van der Waals surface area contributed by atoms with E-state index in [-0.39, 0.29) is 6.29 Å². The molecular weight excluding hydrogens is 236 g/mol. The molecule has 0 spiro atoms. The number of hydrogen-bond donors (Lipinski definition) is 0. The Bertz CT molecular complexity index is 378. The first-order chi connectivity index (χ1) is 9.40. The van der Waals surface area contributed by atoms with Crippen molar-refractivity contribution in [2.75, 3.05) is 13.2 Å². The summed E-state index contributed by atoms with van der Waals surface area (Å²) in [6.45, 7) is 3.85. The van der Waals surface area contributed by atoms with Crippen molar-refractivity contribution in [2.24, 2.45) is 0 Å². The molecular formula is C17H24O2. The second-order valence-corrected chi connectivity index (χ2v) is 5.01. The van der Waals surface area contributed by atoms with Crippen LogP contribution in [0.2, 0.25) is 0 Å². The van der Waals surface area contributed by atoms with Gasteiger partial charge in [-0.2, -0.15) is 0 Å². The Morgan fingerprint density at radius 1 is 1.16 bits per heavy atom. The monoisotopic (exact) mass is 260 g/mol. The Balaban J connectivity index is 2.06. The average molecular weight is 260 g/mol. The van der Waals surface area contributed by atoms with Gasteiger partial charge in [0.2, 0.25) is 0 Å². The number of unbranched alkanes of at least 4 members (excludes halogenated alkanes) is 2. The van der Waals surface area contributed by atoms with Gasteiger partial charge in [0.05, 0.1) is 13.2 Å². The molecule has 0 aromatic heterocycles. The molecule has 1 aromatic rings. The Kier molecular flexibility index (Phi) is 6.12. The van der Waals surface area contributed by atoms with Crippen molar-refractivity contribution in [2.45, 2.75) is 45.3 Å². The lowest BCUT2D eigenvalue weighted by molar-refractivity contribution is -0.157. The highest BCUT2D eigenvalue weighted by molar-refractivity contribution is 5.53. The minimum atomic E-state index is -0.134. The predicted octanol–water partition coefficient (Wildman–Crippen LogP) is 4.41. The first-order valence-corrected chi connectivity index (χ1v) is 7.39. The van der Waals surface area contributed by atoms with Crippen LogP contribution in [-0.4, -0.2) is 19.5 Å². The lowest BCUT2D eigenvalue weighted by Gasteiger charge is -2.26. The van der Waals surface area contributed by atoms with Crippen LogP contribution in [0.3, 0.4) is 0 Å². The third kappa shape index (κ3) is 4.81. The molecule has 0 saturated carbocycles. The highest BCUT2D eigenvalue weighted by Crippen LogP contribution is 2.22. The molecule has 2 nitrogen and oxygen atoms in total. The summed E-state index contributed by atoms with van der Waals surface area (Å²) in [5.74, 6) is 0. The van der Waals surface area contributed by atoms with E-state index in [2.05, 4.69) is 37.3 Å². The summed E-state index contributed by atoms with van der Waals surface area (Å²) in [4.78, 5) is 0. The van der Waals surface area contributed by atoms with Crippen LogP contribution < -0.4 is 0 Å². The number of rotatable bonds is 6. The second-order valence-electron chi connectivity index (χ2n) is 5.01. The molecule has 19 heavy (non-hydrogen) atoms. The fraction of sp³-hybridized carbons (Fsp3) is 0.529. The zero-order chi connectivity index (χ0) is 13.3. The third-order valence-corrected chi connectivity index (χ3v) is 3.35. The molecule has 1 aliphatic rings. The Morgan fingerprint density at radius 3 is 2.58 bits per heavy atom. The van der Waals surface area contributed by atoms with Gasteiger partial charge in [-0.05, 0) is 30.4 Å². The van der Waals surface area contributed by atoms with E-state index in [1.807, 2.05) is 6.07 Å². The van der Waals surface area contributed by atoms with E-state index in [0.717, 1.165) is 26.1 Å². The van der Waals surface area contributed by atoms with Crippen LogP contribution in [0.1, 0.15) is 44.6 Å². The van der Waals surface area contributed by atoms with Crippen molar-refractivity contribution >= 4 is 6.08 Å². The van der Waals surface area contributed by atoms with E-state index in [1.165, 1.54) is 30.4 Å². The summed E-state index contributed by atoms with van der Waals surface area (Å²) in [5, 5.41) is 0. The number of hydrogen-bond acceptors (Lipinski definition) is 2. The molecule has 104 valence electrons. The van der Waals surface area contributed by atoms with Gasteiger partial charge in [0.1, 0.15) is 0 Å². The summed E-state index contributed by atoms with van der Waals surface area (Å²) in [6.07, 6.45) is 7.87. The zero-order valence-corrected chi connectivity index (χ0v) is 11.8. The molecule has 0 amide bonds. The molecule has 1 aliphatic heterocycles. The lowest BCUT2D eigenvalue weighted by Crippen LogP contribution is -2.26. The molecule has 1 saturated heterocycles. The van der Waals surface area contributed by atoms with Crippen LogP contribution in [0, 0.1) is 0 Å². The van der Waals surface area contributed by atoms with Gasteiger partial charge in [0, 0.05) is 0 Å². The fourth-order valence-electron chi connectivity index (χ4n) is 2.30. The maximum atomic E-state index is 5.75. The van der Waals surface area contributed by atoms with Gasteiger partial charge in [-0.3, -0.25) is 0 Å². The molecule has 1 fully saturated rings. The van der Waals surface area contributed by atoms with E-state index in [1.54, 1.807) is 0 Å². The highest BCUT2D eigenvalue weighted by atomic mass is 16.7. The van der Waals surface area contributed by atoms with E-state index in [4.69, 9.17) is 9.47 Å². The molecule has 1 heterocycles. The van der Waals surface area contributed by atoms with Gasteiger partial charge in [0.25, 0.3) is 0 Å². The van der Waals surface area contributed by atoms with Crippen molar-refractivity contribution in [1.82, 2.24) is 0 Å². The quantitative estimate of drug-likeness (QED) is 0.705. The maximum absolute atomic E-state index is 5.75. The van der Waals surface area contributed by atoms with Gasteiger partial charge >= 0.3 is 0 Å². The smallest absolute Gasteiger partial charge is 0.180 e. The summed E-state index contributed by atoms with van der Waals surface area (Å²) in [6, 6.07) is 10.4. The van der Waals surface area contributed by atoms with Crippen molar-refractivity contribution in [3.63, 3.8) is 0 Å². The minimum Gasteiger partial charge on any atom is -0.349 e. The normalized spacial score (nSPS) is 17.6. The summed E-state index contributed by atoms with van der Waals surface area (Å²) in [7, 11) is 0. The van der Waals surface area contributed by atoms with Crippen molar-refractivity contribution in [1.29, 1.82) is 0 Å². The molecule has 2 rings (SSSR count). The van der Waals surface area contributed by atoms with Crippen molar-refractivity contribution in [3.8, 4) is 0 Å². The molecule has 0 bridgehead atoms. The molecule has 0 radical (unpaired) electrons. The second kappa shape index (κ2) is 8.13. The SMILES string of the molecule is CCCCC/C(=C/c1ccccc1)C1OCCCO1. The van der Waals surface area contributed by atoms with Crippen LogP contribution >= 0.6 is 0 Å². The van der Waals surface area contributed by atoms with Gasteiger partial charge in [-0.1, -0.05) is 56.2 Å². The molecule has 0 aliphatic carbocycles. The van der Waals surface area contributed by atoms with Crippen molar-refractivity contribution in [3.05, 3.63) is 41.5 Å². The van der Waals surface area contributed by atoms with Crippen LogP contribution in [0.4, 0.5) is 0 Å². The topological polar surface area (TPSA) is 18.5 Å². The van der Waals surface area contributed by atoms with Crippen molar-refractivity contribution < 1.29 is 9.47 Å². The first-order valence-electron chi connectivity index (χ1n) is 7.39. The van der Waals surface area contributed by atoms with E-state index in [9.17, 15) is 0 Å². The molecule has 0 unspecified atom stereocenters. The minimum absolute atomic E-state index is 0.134. The fourth-order valence-corrected chi connectivity index (χ4v) is 2.30. The van der Waals surface area contributed by atoms with Gasteiger partial charge in [0.15, 0.2) is 6.29 Å². The van der Waals surface area contributed by atoms with E-state index >= 15 is 0 Å². The standard InChI is InChI=1S/C17H24O2/c1-2-3-5-11-16(17-18-12-8-13-19-17)14-15-9-6-4-7-10-15/h4,6-7,9-10,14,17H,2-3,5,8,11-13H2,1H3/b16-14-. The lowest BCUT2D eigenvalue weighted by atomic mass is 10.0. The highest BCUT2D eigenvalue weighted by Gasteiger charge is 2.18. The zero-order valence-electron chi connectivity index (χ0n) is 11.8. The predicted molar refractivity (Wildman–Crippen MR) is 78.9 cm³/mol. The van der Waals surface area contributed by atoms with Crippen LogP contribution in [0.15, 0.2) is 35.9 Å². The number of ether oxygens (including phenoxy) is 2. The van der Waals surface area contributed by atoms with Gasteiger partial charge in [-0.15, -0.1) is 0 Å². The molecule has 0 N–H and O–H groups in total. The van der Waals surface area contributed by atoms with E-state index in [0.29, 0.717) is 0 Å². The Morgan fingerprint density at radius 2 is 1.89 bits per heavy atom. The number of benzene rings is 1.